The van der Waals surface area contributed by atoms with Crippen molar-refractivity contribution >= 4 is 41.6 Å². The van der Waals surface area contributed by atoms with Gasteiger partial charge in [-0.05, 0) is 43.4 Å². The SMILES string of the molecule is CN=C/C(=C\N)c1ccc(Nc2ncc(CC3CCNC3=O)c(N(C=O)C3CCCC3)n2)cc1. The van der Waals surface area contributed by atoms with Crippen LogP contribution in [0.15, 0.2) is 41.7 Å². The summed E-state index contributed by atoms with van der Waals surface area (Å²) in [4.78, 5) is 39.3. The molecule has 2 aliphatic rings. The first-order valence-corrected chi connectivity index (χ1v) is 11.7. The van der Waals surface area contributed by atoms with Crippen molar-refractivity contribution in [1.29, 1.82) is 0 Å². The molecule has 2 amide bonds. The molecular weight excluding hydrogens is 430 g/mol. The van der Waals surface area contributed by atoms with Crippen LogP contribution in [-0.2, 0) is 16.0 Å². The Balaban J connectivity index is 1.60. The van der Waals surface area contributed by atoms with E-state index in [1.165, 1.54) is 6.20 Å². The van der Waals surface area contributed by atoms with E-state index in [-0.39, 0.29) is 17.9 Å². The van der Waals surface area contributed by atoms with Gasteiger partial charge in [-0.3, -0.25) is 19.5 Å². The summed E-state index contributed by atoms with van der Waals surface area (Å²) in [5.41, 5.74) is 9.09. The standard InChI is InChI=1S/C25H31N7O2/c1-27-14-20(13-26)17-6-8-21(9-7-17)30-25-29-15-19(12-18-10-11-28-24(18)34)23(31-25)32(16-33)22-4-2-3-5-22/h6-9,13-16,18,22H,2-5,10-12,26H2,1H3,(H,28,34)(H,29,30,31)/b20-13+,27-14?. The molecule has 0 bridgehead atoms. The molecule has 2 heterocycles. The topological polar surface area (TPSA) is 126 Å². The van der Waals surface area contributed by atoms with Gasteiger partial charge < -0.3 is 16.4 Å². The Bertz CT molecular complexity index is 1080. The number of benzene rings is 1. The lowest BCUT2D eigenvalue weighted by Crippen LogP contribution is -2.34. The Hall–Kier alpha value is -3.75. The number of aromatic nitrogens is 2. The summed E-state index contributed by atoms with van der Waals surface area (Å²) >= 11 is 0. The van der Waals surface area contributed by atoms with E-state index in [2.05, 4.69) is 20.6 Å². The first-order chi connectivity index (χ1) is 16.6. The van der Waals surface area contributed by atoms with Crippen molar-refractivity contribution in [3.8, 4) is 0 Å². The first kappa shape index (κ1) is 23.4. The van der Waals surface area contributed by atoms with Crippen LogP contribution in [0.25, 0.3) is 5.57 Å². The number of anilines is 3. The van der Waals surface area contributed by atoms with Gasteiger partial charge in [-0.15, -0.1) is 0 Å². The molecule has 178 valence electrons. The molecule has 2 fully saturated rings. The van der Waals surface area contributed by atoms with E-state index in [0.29, 0.717) is 24.7 Å². The van der Waals surface area contributed by atoms with Crippen LogP contribution in [0.3, 0.4) is 0 Å². The Morgan fingerprint density at radius 3 is 2.65 bits per heavy atom. The van der Waals surface area contributed by atoms with E-state index >= 15 is 0 Å². The maximum atomic E-state index is 12.2. The number of nitrogens with one attached hydrogen (secondary N) is 2. The molecule has 0 radical (unpaired) electrons. The predicted octanol–water partition coefficient (Wildman–Crippen LogP) is 2.80. The molecule has 1 aliphatic heterocycles. The normalized spacial score (nSPS) is 18.9. The minimum absolute atomic E-state index is 0.0470. The number of rotatable bonds is 9. The highest BCUT2D eigenvalue weighted by Crippen LogP contribution is 2.31. The van der Waals surface area contributed by atoms with Crippen molar-refractivity contribution < 1.29 is 9.59 Å². The predicted molar refractivity (Wildman–Crippen MR) is 134 cm³/mol. The minimum Gasteiger partial charge on any atom is -0.404 e. The van der Waals surface area contributed by atoms with Crippen LogP contribution in [0, 0.1) is 5.92 Å². The molecule has 1 atom stereocenters. The van der Waals surface area contributed by atoms with Gasteiger partial charge in [-0.1, -0.05) is 25.0 Å². The molecule has 9 heteroatoms. The third-order valence-electron chi connectivity index (χ3n) is 6.47. The molecule has 0 spiro atoms. The van der Waals surface area contributed by atoms with Crippen LogP contribution in [0.4, 0.5) is 17.5 Å². The van der Waals surface area contributed by atoms with Crippen LogP contribution < -0.4 is 21.3 Å². The van der Waals surface area contributed by atoms with Gasteiger partial charge in [-0.25, -0.2) is 4.98 Å². The molecule has 9 nitrogen and oxygen atoms in total. The Labute approximate surface area is 199 Å². The fourth-order valence-electron chi connectivity index (χ4n) is 4.65. The number of nitrogens with zero attached hydrogens (tertiary/aromatic N) is 4. The molecule has 1 aromatic carbocycles. The highest BCUT2D eigenvalue weighted by atomic mass is 16.2. The summed E-state index contributed by atoms with van der Waals surface area (Å²) in [7, 11) is 1.70. The van der Waals surface area contributed by atoms with Gasteiger partial charge in [0.05, 0.1) is 0 Å². The van der Waals surface area contributed by atoms with Crippen LogP contribution in [-0.4, -0.2) is 48.1 Å². The average molecular weight is 462 g/mol. The lowest BCUT2D eigenvalue weighted by atomic mass is 9.99. The second-order valence-corrected chi connectivity index (χ2v) is 8.69. The molecule has 1 saturated carbocycles. The van der Waals surface area contributed by atoms with Crippen LogP contribution in [0.1, 0.15) is 43.2 Å². The number of nitrogens with two attached hydrogens (primary N) is 1. The zero-order valence-electron chi connectivity index (χ0n) is 19.4. The maximum Gasteiger partial charge on any atom is 0.229 e. The van der Waals surface area contributed by atoms with Crippen molar-refractivity contribution in [2.24, 2.45) is 16.6 Å². The Morgan fingerprint density at radius 1 is 1.26 bits per heavy atom. The van der Waals surface area contributed by atoms with Gasteiger partial charge >= 0.3 is 0 Å². The average Bonchev–Trinajstić information content (AvgIpc) is 3.52. The summed E-state index contributed by atoms with van der Waals surface area (Å²) in [5.74, 6) is 0.910. The Kier molecular flexibility index (Phi) is 7.51. The fraction of sp³-hybridized carbons (Fsp3) is 0.400. The molecule has 1 unspecified atom stereocenters. The van der Waals surface area contributed by atoms with Gasteiger partial charge in [0.1, 0.15) is 5.82 Å². The summed E-state index contributed by atoms with van der Waals surface area (Å²) in [6, 6.07) is 7.82. The summed E-state index contributed by atoms with van der Waals surface area (Å²) < 4.78 is 0. The van der Waals surface area contributed by atoms with E-state index in [1.807, 2.05) is 24.3 Å². The van der Waals surface area contributed by atoms with Crippen LogP contribution in [0.2, 0.25) is 0 Å². The fourth-order valence-corrected chi connectivity index (χ4v) is 4.65. The van der Waals surface area contributed by atoms with E-state index in [9.17, 15) is 9.59 Å². The molecule has 1 saturated heterocycles. The number of amides is 2. The van der Waals surface area contributed by atoms with Crippen molar-refractivity contribution in [1.82, 2.24) is 15.3 Å². The molecule has 2 aromatic rings. The smallest absolute Gasteiger partial charge is 0.229 e. The lowest BCUT2D eigenvalue weighted by Gasteiger charge is -2.26. The van der Waals surface area contributed by atoms with Crippen molar-refractivity contribution in [3.63, 3.8) is 0 Å². The molecule has 1 aliphatic carbocycles. The minimum atomic E-state index is -0.123. The number of hydrogen-bond acceptors (Lipinski definition) is 7. The summed E-state index contributed by atoms with van der Waals surface area (Å²) in [6.07, 6.45) is 11.2. The number of allylic oxidation sites excluding steroid dienone is 1. The third-order valence-corrected chi connectivity index (χ3v) is 6.47. The highest BCUT2D eigenvalue weighted by molar-refractivity contribution is 6.09. The third kappa shape index (κ3) is 5.24. The van der Waals surface area contributed by atoms with Gasteiger partial charge in [0.15, 0.2) is 0 Å². The zero-order chi connectivity index (χ0) is 23.9. The molecule has 4 N–H and O–H groups in total. The first-order valence-electron chi connectivity index (χ1n) is 11.7. The number of carbonyl (C=O) groups is 2. The maximum absolute atomic E-state index is 12.2. The molecule has 34 heavy (non-hydrogen) atoms. The van der Waals surface area contributed by atoms with Crippen molar-refractivity contribution in [3.05, 3.63) is 47.8 Å². The molecule has 4 rings (SSSR count). The van der Waals surface area contributed by atoms with Gasteiger partial charge in [0, 0.05) is 61.0 Å². The quantitative estimate of drug-likeness (QED) is 0.389. The second-order valence-electron chi connectivity index (χ2n) is 8.69. The van der Waals surface area contributed by atoms with Gasteiger partial charge in [0.2, 0.25) is 18.3 Å². The van der Waals surface area contributed by atoms with Crippen molar-refractivity contribution in [2.75, 3.05) is 23.8 Å². The van der Waals surface area contributed by atoms with E-state index in [1.54, 1.807) is 24.4 Å². The zero-order valence-corrected chi connectivity index (χ0v) is 19.4. The number of hydrogen-bond donors (Lipinski definition) is 3. The van der Waals surface area contributed by atoms with E-state index in [0.717, 1.165) is 60.9 Å². The summed E-state index contributed by atoms with van der Waals surface area (Å²) in [5, 5.41) is 6.11. The highest BCUT2D eigenvalue weighted by Gasteiger charge is 2.30. The number of aliphatic imine (C=N–C) groups is 1. The van der Waals surface area contributed by atoms with E-state index < -0.39 is 0 Å². The molecular formula is C25H31N7O2. The van der Waals surface area contributed by atoms with Gasteiger partial charge in [0.25, 0.3) is 0 Å². The largest absolute Gasteiger partial charge is 0.404 e. The summed E-state index contributed by atoms with van der Waals surface area (Å²) in [6.45, 7) is 0.681. The lowest BCUT2D eigenvalue weighted by molar-refractivity contribution is -0.122. The monoisotopic (exact) mass is 461 g/mol. The van der Waals surface area contributed by atoms with Crippen molar-refractivity contribution in [2.45, 2.75) is 44.6 Å². The molecule has 1 aromatic heterocycles. The number of carbonyl (C=O) groups excluding carboxylic acids is 2. The van der Waals surface area contributed by atoms with Gasteiger partial charge in [-0.2, -0.15) is 4.98 Å². The second kappa shape index (κ2) is 10.9. The Morgan fingerprint density at radius 2 is 2.03 bits per heavy atom. The van der Waals surface area contributed by atoms with Crippen LogP contribution >= 0.6 is 0 Å². The van der Waals surface area contributed by atoms with E-state index in [4.69, 9.17) is 10.7 Å². The van der Waals surface area contributed by atoms with Crippen LogP contribution in [0.5, 0.6) is 0 Å².